The minimum Gasteiger partial charge on any atom is -0.369 e. The predicted molar refractivity (Wildman–Crippen MR) is 108 cm³/mol. The topological polar surface area (TPSA) is 67.1 Å². The quantitative estimate of drug-likeness (QED) is 0.606. The summed E-state index contributed by atoms with van der Waals surface area (Å²) in [4.78, 5) is 11.2. The summed E-state index contributed by atoms with van der Waals surface area (Å²) in [7, 11) is 0. The Labute approximate surface area is 164 Å². The summed E-state index contributed by atoms with van der Waals surface area (Å²) in [6.45, 7) is 5.39. The van der Waals surface area contributed by atoms with E-state index in [-0.39, 0.29) is 5.82 Å². The Morgan fingerprint density at radius 2 is 2.07 bits per heavy atom. The van der Waals surface area contributed by atoms with Gasteiger partial charge in [-0.2, -0.15) is 4.98 Å². The highest BCUT2D eigenvalue weighted by Crippen LogP contribution is 2.31. The number of benzene rings is 1. The molecule has 1 unspecified atom stereocenters. The number of fused-ring (bicyclic) bond motifs is 1. The van der Waals surface area contributed by atoms with Gasteiger partial charge in [-0.15, -0.1) is 0 Å². The Morgan fingerprint density at radius 3 is 2.89 bits per heavy atom. The number of piperidine rings is 1. The van der Waals surface area contributed by atoms with Crippen LogP contribution in [0.4, 0.5) is 10.2 Å². The average molecular weight is 383 g/mol. The van der Waals surface area contributed by atoms with E-state index < -0.39 is 0 Å². The molecular formula is C21H26FN5O. The van der Waals surface area contributed by atoms with Crippen molar-refractivity contribution in [3.63, 3.8) is 0 Å². The number of hydrogen-bond acceptors (Lipinski definition) is 6. The molecule has 1 atom stereocenters. The van der Waals surface area contributed by atoms with Crippen molar-refractivity contribution in [2.45, 2.75) is 45.1 Å². The molecule has 3 heterocycles. The molecule has 4 rings (SSSR count). The monoisotopic (exact) mass is 383 g/mol. The first-order chi connectivity index (χ1) is 13.8. The number of hydrogen-bond donors (Lipinski definition) is 1. The van der Waals surface area contributed by atoms with E-state index in [1.54, 1.807) is 12.1 Å². The van der Waals surface area contributed by atoms with Crippen LogP contribution in [0.25, 0.3) is 22.4 Å². The smallest absolute Gasteiger partial charge is 0.263 e. The lowest BCUT2D eigenvalue weighted by atomic mass is 10.00. The summed E-state index contributed by atoms with van der Waals surface area (Å²) >= 11 is 0. The first-order valence-electron chi connectivity index (χ1n) is 10.1. The minimum absolute atomic E-state index is 0.283. The zero-order valence-electron chi connectivity index (χ0n) is 16.2. The Balaban J connectivity index is 1.45. The largest absolute Gasteiger partial charge is 0.369 e. The molecule has 7 heteroatoms. The van der Waals surface area contributed by atoms with Gasteiger partial charge in [0.15, 0.2) is 0 Å². The highest BCUT2D eigenvalue weighted by Gasteiger charge is 2.20. The van der Waals surface area contributed by atoms with E-state index in [1.807, 2.05) is 0 Å². The summed E-state index contributed by atoms with van der Waals surface area (Å²) in [6, 6.07) is 6.92. The molecule has 0 amide bonds. The molecule has 1 fully saturated rings. The van der Waals surface area contributed by atoms with Gasteiger partial charge in [-0.05, 0) is 56.5 Å². The molecular weight excluding hydrogens is 357 g/mol. The van der Waals surface area contributed by atoms with Crippen molar-refractivity contribution in [1.82, 2.24) is 20.0 Å². The van der Waals surface area contributed by atoms with Gasteiger partial charge in [-0.1, -0.05) is 18.5 Å². The minimum atomic E-state index is -0.283. The van der Waals surface area contributed by atoms with Crippen molar-refractivity contribution in [3.8, 4) is 11.3 Å². The molecule has 28 heavy (non-hydrogen) atoms. The molecule has 1 aliphatic heterocycles. The Bertz CT molecular complexity index is 911. The van der Waals surface area contributed by atoms with Crippen molar-refractivity contribution in [1.29, 1.82) is 0 Å². The van der Waals surface area contributed by atoms with Crippen molar-refractivity contribution >= 4 is 16.9 Å². The standard InChI is InChI=1S/C21H26FN5O/c1-2-17-6-3-4-12-27(17)13-5-11-23-20-18-19(15-7-9-16(22)10-8-15)26-28-21(18)25-14-24-20/h7-10,14,17H,2-6,11-13H2,1H3,(H,23,24,25). The van der Waals surface area contributed by atoms with Gasteiger partial charge in [0.25, 0.3) is 5.71 Å². The fourth-order valence-electron chi connectivity index (χ4n) is 4.03. The van der Waals surface area contributed by atoms with Crippen LogP contribution in [-0.2, 0) is 0 Å². The summed E-state index contributed by atoms with van der Waals surface area (Å²) in [5, 5.41) is 8.28. The SMILES string of the molecule is CCC1CCCCN1CCCNc1ncnc2onc(-c3ccc(F)cc3)c12. The third-order valence-electron chi connectivity index (χ3n) is 5.53. The van der Waals surface area contributed by atoms with E-state index in [0.29, 0.717) is 17.2 Å². The molecule has 1 N–H and O–H groups in total. The van der Waals surface area contributed by atoms with E-state index in [1.165, 1.54) is 50.7 Å². The van der Waals surface area contributed by atoms with Crippen LogP contribution < -0.4 is 5.32 Å². The van der Waals surface area contributed by atoms with Crippen LogP contribution in [0.15, 0.2) is 35.1 Å². The van der Waals surface area contributed by atoms with Gasteiger partial charge in [-0.3, -0.25) is 0 Å². The van der Waals surface area contributed by atoms with Gasteiger partial charge >= 0.3 is 0 Å². The number of aromatic nitrogens is 3. The van der Waals surface area contributed by atoms with E-state index in [9.17, 15) is 4.39 Å². The predicted octanol–water partition coefficient (Wildman–Crippen LogP) is 4.49. The summed E-state index contributed by atoms with van der Waals surface area (Å²) in [5.41, 5.74) is 1.83. The second kappa shape index (κ2) is 8.65. The summed E-state index contributed by atoms with van der Waals surface area (Å²) in [5.74, 6) is 0.422. The van der Waals surface area contributed by atoms with Crippen LogP contribution in [0.1, 0.15) is 39.0 Å². The first kappa shape index (κ1) is 18.8. The zero-order valence-corrected chi connectivity index (χ0v) is 16.2. The van der Waals surface area contributed by atoms with Crippen LogP contribution in [0.2, 0.25) is 0 Å². The van der Waals surface area contributed by atoms with Gasteiger partial charge in [0.1, 0.15) is 29.0 Å². The first-order valence-corrected chi connectivity index (χ1v) is 10.1. The van der Waals surface area contributed by atoms with Gasteiger partial charge in [0, 0.05) is 24.7 Å². The molecule has 0 saturated carbocycles. The zero-order chi connectivity index (χ0) is 19.3. The molecule has 0 bridgehead atoms. The van der Waals surface area contributed by atoms with Gasteiger partial charge in [-0.25, -0.2) is 9.37 Å². The van der Waals surface area contributed by atoms with E-state index in [2.05, 4.69) is 32.3 Å². The fourth-order valence-corrected chi connectivity index (χ4v) is 4.03. The van der Waals surface area contributed by atoms with Crippen LogP contribution >= 0.6 is 0 Å². The van der Waals surface area contributed by atoms with Crippen molar-refractivity contribution < 1.29 is 8.91 Å². The van der Waals surface area contributed by atoms with Crippen molar-refractivity contribution in [2.24, 2.45) is 0 Å². The van der Waals surface area contributed by atoms with E-state index in [4.69, 9.17) is 4.52 Å². The maximum atomic E-state index is 13.2. The third-order valence-corrected chi connectivity index (χ3v) is 5.53. The van der Waals surface area contributed by atoms with Crippen molar-refractivity contribution in [3.05, 3.63) is 36.4 Å². The summed E-state index contributed by atoms with van der Waals surface area (Å²) < 4.78 is 18.6. The molecule has 6 nitrogen and oxygen atoms in total. The lowest BCUT2D eigenvalue weighted by Crippen LogP contribution is -2.40. The van der Waals surface area contributed by atoms with Crippen LogP contribution in [-0.4, -0.2) is 45.7 Å². The molecule has 0 radical (unpaired) electrons. The second-order valence-corrected chi connectivity index (χ2v) is 7.31. The Morgan fingerprint density at radius 1 is 1.21 bits per heavy atom. The molecule has 0 aliphatic carbocycles. The summed E-state index contributed by atoms with van der Waals surface area (Å²) in [6.07, 6.45) is 7.71. The maximum Gasteiger partial charge on any atom is 0.263 e. The number of halogens is 1. The molecule has 148 valence electrons. The number of nitrogens with zero attached hydrogens (tertiary/aromatic N) is 4. The lowest BCUT2D eigenvalue weighted by molar-refractivity contribution is 0.144. The molecule has 3 aromatic rings. The Kier molecular flexibility index (Phi) is 5.81. The number of rotatable bonds is 7. The lowest BCUT2D eigenvalue weighted by Gasteiger charge is -2.35. The van der Waals surface area contributed by atoms with Gasteiger partial charge < -0.3 is 14.7 Å². The van der Waals surface area contributed by atoms with Crippen molar-refractivity contribution in [2.75, 3.05) is 25.0 Å². The fraction of sp³-hybridized carbons (Fsp3) is 0.476. The van der Waals surface area contributed by atoms with Gasteiger partial charge in [0.2, 0.25) is 0 Å². The Hall–Kier alpha value is -2.54. The second-order valence-electron chi connectivity index (χ2n) is 7.31. The van der Waals surface area contributed by atoms with Crippen LogP contribution in [0.5, 0.6) is 0 Å². The van der Waals surface area contributed by atoms with Gasteiger partial charge in [0.05, 0.1) is 0 Å². The van der Waals surface area contributed by atoms with Crippen LogP contribution in [0.3, 0.4) is 0 Å². The molecule has 1 aromatic carbocycles. The molecule has 1 saturated heterocycles. The highest BCUT2D eigenvalue weighted by molar-refractivity contribution is 5.97. The normalized spacial score (nSPS) is 17.9. The number of nitrogens with one attached hydrogen (secondary N) is 1. The molecule has 0 spiro atoms. The van der Waals surface area contributed by atoms with Crippen LogP contribution in [0, 0.1) is 5.82 Å². The number of anilines is 1. The highest BCUT2D eigenvalue weighted by atomic mass is 19.1. The average Bonchev–Trinajstić information content (AvgIpc) is 3.17. The maximum absolute atomic E-state index is 13.2. The van der Waals surface area contributed by atoms with E-state index in [0.717, 1.165) is 36.5 Å². The molecule has 2 aromatic heterocycles. The third kappa shape index (κ3) is 3.99. The number of likely N-dealkylation sites (tertiary alicyclic amines) is 1. The van der Waals surface area contributed by atoms with E-state index >= 15 is 0 Å². The molecule has 1 aliphatic rings.